The van der Waals surface area contributed by atoms with Crippen LogP contribution in [-0.2, 0) is 11.0 Å². The number of benzene rings is 2. The van der Waals surface area contributed by atoms with Crippen LogP contribution in [0.5, 0.6) is 11.5 Å². The van der Waals surface area contributed by atoms with E-state index in [0.29, 0.717) is 11.5 Å². The molecular weight excluding hydrogens is 323 g/mol. The number of hydrogen-bond acceptors (Lipinski definition) is 3. The lowest BCUT2D eigenvalue weighted by molar-refractivity contribution is -0.137. The van der Waals surface area contributed by atoms with Gasteiger partial charge in [0.15, 0.2) is 17.6 Å². The molecule has 0 saturated carbocycles. The van der Waals surface area contributed by atoms with Crippen LogP contribution >= 0.6 is 0 Å². The van der Waals surface area contributed by atoms with Crippen molar-refractivity contribution in [2.24, 2.45) is 0 Å². The van der Waals surface area contributed by atoms with E-state index in [2.05, 4.69) is 5.32 Å². The van der Waals surface area contributed by atoms with Gasteiger partial charge in [0.1, 0.15) is 0 Å². The van der Waals surface area contributed by atoms with E-state index in [4.69, 9.17) is 9.47 Å². The Hall–Kier alpha value is -2.70. The van der Waals surface area contributed by atoms with Crippen LogP contribution in [0.4, 0.5) is 18.9 Å². The summed E-state index contributed by atoms with van der Waals surface area (Å²) in [6.45, 7) is 1.50. The third-order valence-corrected chi connectivity index (χ3v) is 3.20. The van der Waals surface area contributed by atoms with E-state index in [1.54, 1.807) is 24.3 Å². The average Bonchev–Trinajstić information content (AvgIpc) is 2.54. The maximum atomic E-state index is 12.7. The Morgan fingerprint density at radius 1 is 1.08 bits per heavy atom. The van der Waals surface area contributed by atoms with Gasteiger partial charge in [0.25, 0.3) is 5.91 Å². The summed E-state index contributed by atoms with van der Waals surface area (Å²) in [7, 11) is 1.47. The van der Waals surface area contributed by atoms with Gasteiger partial charge in [-0.2, -0.15) is 13.2 Å². The highest BCUT2D eigenvalue weighted by Crippen LogP contribution is 2.31. The van der Waals surface area contributed by atoms with E-state index in [1.165, 1.54) is 26.2 Å². The highest BCUT2D eigenvalue weighted by Gasteiger charge is 2.30. The Balaban J connectivity index is 2.07. The first-order chi connectivity index (χ1) is 11.3. The quantitative estimate of drug-likeness (QED) is 0.891. The molecule has 2 aromatic rings. The number of ether oxygens (including phenoxy) is 2. The van der Waals surface area contributed by atoms with Crippen LogP contribution in [0.3, 0.4) is 0 Å². The Kier molecular flexibility index (Phi) is 5.33. The van der Waals surface area contributed by atoms with E-state index in [1.807, 2.05) is 0 Å². The second-order valence-electron chi connectivity index (χ2n) is 4.98. The van der Waals surface area contributed by atoms with Crippen molar-refractivity contribution < 1.29 is 27.4 Å². The van der Waals surface area contributed by atoms with Crippen molar-refractivity contribution in [2.75, 3.05) is 12.4 Å². The SMILES string of the molecule is COc1ccccc1OC(C)C(=O)Nc1cccc(C(F)(F)F)c1. The molecule has 1 amide bonds. The summed E-state index contributed by atoms with van der Waals surface area (Å²) in [5.74, 6) is 0.253. The van der Waals surface area contributed by atoms with Crippen molar-refractivity contribution in [3.05, 3.63) is 54.1 Å². The fourth-order valence-electron chi connectivity index (χ4n) is 1.98. The van der Waals surface area contributed by atoms with Gasteiger partial charge in [0.2, 0.25) is 0 Å². The van der Waals surface area contributed by atoms with Crippen LogP contribution in [-0.4, -0.2) is 19.1 Å². The van der Waals surface area contributed by atoms with Gasteiger partial charge in [0.05, 0.1) is 12.7 Å². The summed E-state index contributed by atoms with van der Waals surface area (Å²) < 4.78 is 48.7. The number of hydrogen-bond donors (Lipinski definition) is 1. The van der Waals surface area contributed by atoms with Crippen LogP contribution in [0.15, 0.2) is 48.5 Å². The second kappa shape index (κ2) is 7.25. The molecule has 1 atom stereocenters. The number of methoxy groups -OCH3 is 1. The van der Waals surface area contributed by atoms with Crippen LogP contribution < -0.4 is 14.8 Å². The van der Waals surface area contributed by atoms with Gasteiger partial charge in [-0.1, -0.05) is 18.2 Å². The fourth-order valence-corrected chi connectivity index (χ4v) is 1.98. The number of anilines is 1. The Bertz CT molecular complexity index is 716. The van der Waals surface area contributed by atoms with E-state index in [-0.39, 0.29) is 5.69 Å². The first-order valence-electron chi connectivity index (χ1n) is 7.09. The van der Waals surface area contributed by atoms with Crippen molar-refractivity contribution in [3.8, 4) is 11.5 Å². The molecule has 1 N–H and O–H groups in total. The molecule has 0 aliphatic heterocycles. The Labute approximate surface area is 137 Å². The topological polar surface area (TPSA) is 47.6 Å². The summed E-state index contributed by atoms with van der Waals surface area (Å²) in [6, 6.07) is 11.2. The van der Waals surface area contributed by atoms with Gasteiger partial charge < -0.3 is 14.8 Å². The molecule has 2 aromatic carbocycles. The van der Waals surface area contributed by atoms with Gasteiger partial charge in [-0.25, -0.2) is 0 Å². The highest BCUT2D eigenvalue weighted by atomic mass is 19.4. The second-order valence-corrected chi connectivity index (χ2v) is 4.98. The van der Waals surface area contributed by atoms with Gasteiger partial charge >= 0.3 is 6.18 Å². The Morgan fingerprint density at radius 2 is 1.75 bits per heavy atom. The first-order valence-corrected chi connectivity index (χ1v) is 7.09. The zero-order chi connectivity index (χ0) is 17.7. The third-order valence-electron chi connectivity index (χ3n) is 3.20. The molecule has 0 aliphatic carbocycles. The average molecular weight is 339 g/mol. The molecule has 2 rings (SSSR count). The monoisotopic (exact) mass is 339 g/mol. The normalized spacial score (nSPS) is 12.4. The lowest BCUT2D eigenvalue weighted by Crippen LogP contribution is -2.30. The number of alkyl halides is 3. The summed E-state index contributed by atoms with van der Waals surface area (Å²) >= 11 is 0. The standard InChI is InChI=1S/C17H16F3NO3/c1-11(24-15-9-4-3-8-14(15)23-2)16(22)21-13-7-5-6-12(10-13)17(18,19)20/h3-11H,1-2H3,(H,21,22). The van der Waals surface area contributed by atoms with Crippen LogP contribution in [0.2, 0.25) is 0 Å². The highest BCUT2D eigenvalue weighted by molar-refractivity contribution is 5.94. The molecule has 7 heteroatoms. The Morgan fingerprint density at radius 3 is 2.38 bits per heavy atom. The molecule has 0 spiro atoms. The molecule has 0 fully saturated rings. The van der Waals surface area contributed by atoms with Crippen molar-refractivity contribution >= 4 is 11.6 Å². The predicted octanol–water partition coefficient (Wildman–Crippen LogP) is 4.12. The number of nitrogens with one attached hydrogen (secondary N) is 1. The van der Waals surface area contributed by atoms with Crippen molar-refractivity contribution in [1.29, 1.82) is 0 Å². The van der Waals surface area contributed by atoms with Crippen molar-refractivity contribution in [2.45, 2.75) is 19.2 Å². The molecule has 0 aliphatic rings. The molecule has 128 valence electrons. The van der Waals surface area contributed by atoms with E-state index >= 15 is 0 Å². The van der Waals surface area contributed by atoms with Gasteiger partial charge in [0, 0.05) is 5.69 Å². The predicted molar refractivity (Wildman–Crippen MR) is 83.2 cm³/mol. The lowest BCUT2D eigenvalue weighted by atomic mass is 10.2. The number of halogens is 3. The number of carbonyl (C=O) groups excluding carboxylic acids is 1. The molecule has 0 aromatic heterocycles. The molecule has 0 saturated heterocycles. The summed E-state index contributed by atoms with van der Waals surface area (Å²) in [6.07, 6.45) is -5.39. The maximum Gasteiger partial charge on any atom is 0.416 e. The minimum atomic E-state index is -4.47. The molecule has 1 unspecified atom stereocenters. The molecule has 4 nitrogen and oxygen atoms in total. The van der Waals surface area contributed by atoms with Gasteiger partial charge in [-0.05, 0) is 37.3 Å². The van der Waals surface area contributed by atoms with Gasteiger partial charge in [-0.15, -0.1) is 0 Å². The summed E-state index contributed by atoms with van der Waals surface area (Å²) in [4.78, 5) is 12.1. The van der Waals surface area contributed by atoms with Crippen LogP contribution in [0.1, 0.15) is 12.5 Å². The number of carbonyl (C=O) groups is 1. The summed E-state index contributed by atoms with van der Waals surface area (Å²) in [5, 5.41) is 2.41. The molecule has 0 bridgehead atoms. The van der Waals surface area contributed by atoms with Crippen molar-refractivity contribution in [3.63, 3.8) is 0 Å². The third kappa shape index (κ3) is 4.41. The smallest absolute Gasteiger partial charge is 0.416 e. The first kappa shape index (κ1) is 17.7. The summed E-state index contributed by atoms with van der Waals surface area (Å²) in [5.41, 5.74) is -0.788. The lowest BCUT2D eigenvalue weighted by Gasteiger charge is -2.17. The van der Waals surface area contributed by atoms with E-state index in [9.17, 15) is 18.0 Å². The maximum absolute atomic E-state index is 12.7. The molecule has 0 heterocycles. The van der Waals surface area contributed by atoms with E-state index < -0.39 is 23.8 Å². The van der Waals surface area contributed by atoms with Gasteiger partial charge in [-0.3, -0.25) is 4.79 Å². The number of amides is 1. The largest absolute Gasteiger partial charge is 0.493 e. The minimum absolute atomic E-state index is 0.0466. The fraction of sp³-hybridized carbons (Fsp3) is 0.235. The number of para-hydroxylation sites is 2. The zero-order valence-electron chi connectivity index (χ0n) is 13.1. The van der Waals surface area contributed by atoms with Crippen molar-refractivity contribution in [1.82, 2.24) is 0 Å². The molecule has 0 radical (unpaired) electrons. The minimum Gasteiger partial charge on any atom is -0.493 e. The molecule has 24 heavy (non-hydrogen) atoms. The zero-order valence-corrected chi connectivity index (χ0v) is 13.1. The van der Waals surface area contributed by atoms with Crippen LogP contribution in [0.25, 0.3) is 0 Å². The van der Waals surface area contributed by atoms with E-state index in [0.717, 1.165) is 12.1 Å². The molecular formula is C17H16F3NO3. The van der Waals surface area contributed by atoms with Crippen LogP contribution in [0, 0.1) is 0 Å². The number of rotatable bonds is 5.